The number of hydrogen-bond donors (Lipinski definition) is 0. The molecule has 0 unspecified atom stereocenters. The average molecular weight is 148 g/mol. The van der Waals surface area contributed by atoms with Crippen LogP contribution >= 0.6 is 0 Å². The van der Waals surface area contributed by atoms with E-state index >= 15 is 0 Å². The van der Waals surface area contributed by atoms with Crippen molar-refractivity contribution in [3.05, 3.63) is 35.9 Å². The molecule has 0 saturated carbocycles. The largest absolute Gasteiger partial charge is 0.333 e. The van der Waals surface area contributed by atoms with Crippen LogP contribution in [-0.2, 0) is 0 Å². The number of rotatable bonds is 0. The molecule has 0 saturated heterocycles. The van der Waals surface area contributed by atoms with E-state index in [0.717, 1.165) is 6.54 Å². The summed E-state index contributed by atoms with van der Waals surface area (Å²) in [7, 11) is 2.09. The molecular weight excluding hydrogens is 136 g/mol. The van der Waals surface area contributed by atoms with Crippen molar-refractivity contribution < 1.29 is 0 Å². The zero-order valence-electron chi connectivity index (χ0n) is 6.91. The lowest BCUT2D eigenvalue weighted by molar-refractivity contribution is 0.406. The van der Waals surface area contributed by atoms with Crippen LogP contribution in [0.25, 0.3) is 0 Å². The number of hydrogen-bond acceptors (Lipinski definition) is 2. The molecule has 0 spiro atoms. The summed E-state index contributed by atoms with van der Waals surface area (Å²) in [6.45, 7) is 3.13. The first-order chi connectivity index (χ1) is 5.29. The SMILES string of the molecule is CC1=CN2CC=CC=C2N1C. The Morgan fingerprint density at radius 3 is 3.00 bits per heavy atom. The minimum absolute atomic E-state index is 1.01. The second-order valence-electron chi connectivity index (χ2n) is 2.93. The van der Waals surface area contributed by atoms with E-state index in [1.54, 1.807) is 0 Å². The van der Waals surface area contributed by atoms with Gasteiger partial charge in [-0.25, -0.2) is 0 Å². The number of nitrogens with zero attached hydrogens (tertiary/aromatic N) is 2. The summed E-state index contributed by atoms with van der Waals surface area (Å²) >= 11 is 0. The lowest BCUT2D eigenvalue weighted by Crippen LogP contribution is -2.22. The summed E-state index contributed by atoms with van der Waals surface area (Å²) in [4.78, 5) is 4.44. The van der Waals surface area contributed by atoms with Gasteiger partial charge in [-0.2, -0.15) is 0 Å². The first-order valence-corrected chi connectivity index (χ1v) is 3.84. The predicted octanol–water partition coefficient (Wildman–Crippen LogP) is 1.51. The van der Waals surface area contributed by atoms with Crippen molar-refractivity contribution in [1.29, 1.82) is 0 Å². The molecular formula is C9H12N2. The molecule has 2 rings (SSSR count). The highest BCUT2D eigenvalue weighted by molar-refractivity contribution is 5.27. The van der Waals surface area contributed by atoms with E-state index in [9.17, 15) is 0 Å². The Morgan fingerprint density at radius 2 is 2.27 bits per heavy atom. The average Bonchev–Trinajstić information content (AvgIpc) is 2.30. The minimum atomic E-state index is 1.01. The topological polar surface area (TPSA) is 6.48 Å². The van der Waals surface area contributed by atoms with E-state index in [2.05, 4.69) is 48.2 Å². The van der Waals surface area contributed by atoms with E-state index in [1.807, 2.05) is 0 Å². The molecule has 0 aromatic rings. The number of fused-ring (bicyclic) bond motifs is 1. The van der Waals surface area contributed by atoms with E-state index in [-0.39, 0.29) is 0 Å². The van der Waals surface area contributed by atoms with E-state index in [0.29, 0.717) is 0 Å². The second-order valence-corrected chi connectivity index (χ2v) is 2.93. The maximum Gasteiger partial charge on any atom is 0.112 e. The van der Waals surface area contributed by atoms with Crippen molar-refractivity contribution in [1.82, 2.24) is 9.80 Å². The van der Waals surface area contributed by atoms with Gasteiger partial charge in [0.2, 0.25) is 0 Å². The van der Waals surface area contributed by atoms with Crippen LogP contribution in [-0.4, -0.2) is 23.4 Å². The van der Waals surface area contributed by atoms with Gasteiger partial charge in [-0.3, -0.25) is 0 Å². The molecule has 0 fully saturated rings. The van der Waals surface area contributed by atoms with Crippen LogP contribution in [0.1, 0.15) is 6.92 Å². The fourth-order valence-electron chi connectivity index (χ4n) is 1.43. The third-order valence-corrected chi connectivity index (χ3v) is 2.19. The zero-order valence-corrected chi connectivity index (χ0v) is 6.91. The minimum Gasteiger partial charge on any atom is -0.333 e. The van der Waals surface area contributed by atoms with Gasteiger partial charge in [0, 0.05) is 25.5 Å². The van der Waals surface area contributed by atoms with Gasteiger partial charge in [-0.05, 0) is 13.0 Å². The molecule has 2 aliphatic rings. The molecule has 0 aromatic heterocycles. The van der Waals surface area contributed by atoms with Gasteiger partial charge >= 0.3 is 0 Å². The first-order valence-electron chi connectivity index (χ1n) is 3.84. The highest BCUT2D eigenvalue weighted by Crippen LogP contribution is 2.25. The molecule has 58 valence electrons. The molecule has 0 aromatic carbocycles. The molecule has 2 nitrogen and oxygen atoms in total. The first kappa shape index (κ1) is 6.53. The third kappa shape index (κ3) is 0.862. The van der Waals surface area contributed by atoms with Crippen LogP contribution in [0, 0.1) is 0 Å². The highest BCUT2D eigenvalue weighted by Gasteiger charge is 2.20. The standard InChI is InChI=1S/C9H12N2/c1-8-7-11-6-4-3-5-9(11)10(8)2/h3-5,7H,6H2,1-2H3. The molecule has 0 radical (unpaired) electrons. The van der Waals surface area contributed by atoms with Crippen LogP contribution in [0.5, 0.6) is 0 Å². The Balaban J connectivity index is 2.34. The quantitative estimate of drug-likeness (QED) is 0.513. The monoisotopic (exact) mass is 148 g/mol. The fraction of sp³-hybridized carbons (Fsp3) is 0.333. The Morgan fingerprint density at radius 1 is 1.45 bits per heavy atom. The molecule has 2 heteroatoms. The van der Waals surface area contributed by atoms with Gasteiger partial charge in [0.05, 0.1) is 0 Å². The summed E-state index contributed by atoms with van der Waals surface area (Å²) in [5, 5.41) is 0. The maximum atomic E-state index is 2.25. The highest BCUT2D eigenvalue weighted by atomic mass is 15.4. The summed E-state index contributed by atoms with van der Waals surface area (Å²) in [6, 6.07) is 0. The Hall–Kier alpha value is -1.18. The predicted molar refractivity (Wildman–Crippen MR) is 45.4 cm³/mol. The van der Waals surface area contributed by atoms with Gasteiger partial charge in [-0.15, -0.1) is 0 Å². The van der Waals surface area contributed by atoms with E-state index in [4.69, 9.17) is 0 Å². The summed E-state index contributed by atoms with van der Waals surface area (Å²) in [5.74, 6) is 1.28. The normalized spacial score (nSPS) is 21.6. The van der Waals surface area contributed by atoms with Gasteiger partial charge < -0.3 is 9.80 Å². The van der Waals surface area contributed by atoms with Crippen LogP contribution < -0.4 is 0 Å². The molecule has 2 heterocycles. The fourth-order valence-corrected chi connectivity index (χ4v) is 1.43. The van der Waals surface area contributed by atoms with Crippen molar-refractivity contribution in [3.63, 3.8) is 0 Å². The summed E-state index contributed by atoms with van der Waals surface area (Å²) < 4.78 is 0. The summed E-state index contributed by atoms with van der Waals surface area (Å²) in [5.41, 5.74) is 1.31. The van der Waals surface area contributed by atoms with Crippen molar-refractivity contribution in [2.24, 2.45) is 0 Å². The van der Waals surface area contributed by atoms with Gasteiger partial charge in [0.25, 0.3) is 0 Å². The second kappa shape index (κ2) is 2.16. The Kier molecular flexibility index (Phi) is 1.28. The zero-order chi connectivity index (χ0) is 7.84. The van der Waals surface area contributed by atoms with Crippen LogP contribution in [0.4, 0.5) is 0 Å². The molecule has 0 atom stereocenters. The molecule has 2 aliphatic heterocycles. The van der Waals surface area contributed by atoms with Crippen LogP contribution in [0.3, 0.4) is 0 Å². The smallest absolute Gasteiger partial charge is 0.112 e. The molecule has 0 amide bonds. The van der Waals surface area contributed by atoms with Crippen molar-refractivity contribution in [2.45, 2.75) is 6.92 Å². The van der Waals surface area contributed by atoms with Crippen molar-refractivity contribution in [3.8, 4) is 0 Å². The van der Waals surface area contributed by atoms with Gasteiger partial charge in [0.15, 0.2) is 0 Å². The van der Waals surface area contributed by atoms with Gasteiger partial charge in [0.1, 0.15) is 5.82 Å². The van der Waals surface area contributed by atoms with Crippen molar-refractivity contribution >= 4 is 0 Å². The maximum absolute atomic E-state index is 2.25. The van der Waals surface area contributed by atoms with Crippen LogP contribution in [0.2, 0.25) is 0 Å². The van der Waals surface area contributed by atoms with E-state index < -0.39 is 0 Å². The molecule has 0 N–H and O–H groups in total. The van der Waals surface area contributed by atoms with Gasteiger partial charge in [-0.1, -0.05) is 12.2 Å². The Bertz CT molecular complexity index is 261. The number of allylic oxidation sites excluding steroid dienone is 3. The van der Waals surface area contributed by atoms with E-state index in [1.165, 1.54) is 11.5 Å². The van der Waals surface area contributed by atoms with Crippen LogP contribution in [0.15, 0.2) is 35.9 Å². The lowest BCUT2D eigenvalue weighted by atomic mass is 10.3. The molecule has 0 aliphatic carbocycles. The summed E-state index contributed by atoms with van der Waals surface area (Å²) in [6.07, 6.45) is 8.58. The molecule has 0 bridgehead atoms. The van der Waals surface area contributed by atoms with Crippen molar-refractivity contribution in [2.75, 3.05) is 13.6 Å². The Labute approximate surface area is 67.1 Å². The lowest BCUT2D eigenvalue weighted by Gasteiger charge is -2.23. The third-order valence-electron chi connectivity index (χ3n) is 2.19. The molecule has 11 heavy (non-hydrogen) atoms.